The molecule has 0 unspecified atom stereocenters. The average Bonchev–Trinajstić information content (AvgIpc) is 3.33. The molecule has 1 aromatic heterocycles. The Hall–Kier alpha value is -1.14. The highest BCUT2D eigenvalue weighted by atomic mass is 35.5. The maximum absolute atomic E-state index is 13.8. The van der Waals surface area contributed by atoms with Gasteiger partial charge in [-0.2, -0.15) is 0 Å². The van der Waals surface area contributed by atoms with Crippen molar-refractivity contribution in [1.82, 2.24) is 14.6 Å². The first-order valence-electron chi connectivity index (χ1n) is 11.6. The number of nitrogens with one attached hydrogen (secondary N) is 2. The van der Waals surface area contributed by atoms with Crippen LogP contribution >= 0.6 is 29.7 Å². The highest BCUT2D eigenvalue weighted by Crippen LogP contribution is 2.61. The average molecular weight is 554 g/mol. The van der Waals surface area contributed by atoms with E-state index in [1.165, 1.54) is 13.1 Å². The smallest absolute Gasteiger partial charge is 0.330 e. The topological polar surface area (TPSA) is 149 Å². The van der Waals surface area contributed by atoms with E-state index in [1.54, 1.807) is 20.8 Å². The van der Waals surface area contributed by atoms with Crippen LogP contribution in [0.5, 0.6) is 0 Å². The summed E-state index contributed by atoms with van der Waals surface area (Å²) >= 11 is 7.71. The van der Waals surface area contributed by atoms with Crippen molar-refractivity contribution in [2.45, 2.75) is 94.1 Å². The first-order chi connectivity index (χ1) is 16.3. The molecule has 3 N–H and O–H groups in total. The van der Waals surface area contributed by atoms with E-state index in [-0.39, 0.29) is 18.0 Å². The lowest BCUT2D eigenvalue weighted by Crippen LogP contribution is -2.43. The third-order valence-electron chi connectivity index (χ3n) is 5.88. The van der Waals surface area contributed by atoms with Gasteiger partial charge >= 0.3 is 18.4 Å². The van der Waals surface area contributed by atoms with E-state index in [0.717, 1.165) is 47.7 Å². The van der Waals surface area contributed by atoms with Crippen LogP contribution in [0.3, 0.4) is 0 Å². The molecule has 3 rings (SSSR count). The number of halogens is 1. The Bertz CT molecular complexity index is 1060. The van der Waals surface area contributed by atoms with E-state index in [4.69, 9.17) is 25.6 Å². The fourth-order valence-electron chi connectivity index (χ4n) is 4.05. The Morgan fingerprint density at radius 2 is 2.06 bits per heavy atom. The van der Waals surface area contributed by atoms with Crippen LogP contribution in [-0.2, 0) is 23.4 Å². The maximum Gasteiger partial charge on any atom is 0.330 e. The summed E-state index contributed by atoms with van der Waals surface area (Å²) in [6.07, 6.45) is 1.26. The van der Waals surface area contributed by atoms with Gasteiger partial charge in [0, 0.05) is 17.5 Å². The minimum absolute atomic E-state index is 0.0989. The van der Waals surface area contributed by atoms with Crippen LogP contribution in [0.15, 0.2) is 21.9 Å². The van der Waals surface area contributed by atoms with Crippen molar-refractivity contribution in [2.75, 3.05) is 6.61 Å². The number of ether oxygens (including phenoxy) is 2. The van der Waals surface area contributed by atoms with E-state index in [2.05, 4.69) is 10.1 Å². The zero-order valence-electron chi connectivity index (χ0n) is 20.1. The number of esters is 1. The molecule has 198 valence electrons. The van der Waals surface area contributed by atoms with Crippen molar-refractivity contribution in [3.8, 4) is 0 Å². The number of aromatic amines is 1. The first kappa shape index (κ1) is 28.4. The minimum Gasteiger partial charge on any atom is -0.462 e. The van der Waals surface area contributed by atoms with E-state index >= 15 is 0 Å². The van der Waals surface area contributed by atoms with Crippen LogP contribution in [0.2, 0.25) is 0 Å². The Kier molecular flexibility index (Phi) is 9.34. The number of aliphatic hydroxyl groups excluding tert-OH is 1. The lowest BCUT2D eigenvalue weighted by molar-refractivity contribution is -0.149. The van der Waals surface area contributed by atoms with Gasteiger partial charge in [-0.1, -0.05) is 24.2 Å². The van der Waals surface area contributed by atoms with E-state index in [1.807, 2.05) is 0 Å². The molecule has 1 saturated heterocycles. The standard InChI is InChI=1S/C21H33ClN3O8PS/c1-12(2)32-18(28)13(3)24-34(30,35-14-7-5-6-8-14)31-11-15-17(27)21(4,22)19(33-15)25-10-9-16(26)23-20(25)29/h9-10,12-15,17,19,27H,5-8,11H2,1-4H3,(H,24,30)(H,23,26,29)/t13-,15-,17-,19-,21-,34-/m1/s1. The number of H-pyrrole nitrogens is 1. The molecular weight excluding hydrogens is 521 g/mol. The predicted octanol–water partition coefficient (Wildman–Crippen LogP) is 2.52. The number of hydrogen-bond acceptors (Lipinski definition) is 9. The lowest BCUT2D eigenvalue weighted by atomic mass is 10.0. The fourth-order valence-corrected chi connectivity index (χ4v) is 9.23. The highest BCUT2D eigenvalue weighted by molar-refractivity contribution is 8.56. The number of aromatic nitrogens is 2. The zero-order valence-corrected chi connectivity index (χ0v) is 22.6. The lowest BCUT2D eigenvalue weighted by Gasteiger charge is -2.27. The third-order valence-corrected chi connectivity index (χ3v) is 10.9. The molecule has 2 aliphatic rings. The molecule has 6 atom stereocenters. The van der Waals surface area contributed by atoms with Crippen LogP contribution in [0.1, 0.15) is 59.6 Å². The molecule has 0 spiro atoms. The van der Waals surface area contributed by atoms with E-state index < -0.39 is 53.3 Å². The van der Waals surface area contributed by atoms with Crippen LogP contribution < -0.4 is 16.3 Å². The van der Waals surface area contributed by atoms with Crippen LogP contribution in [-0.4, -0.2) is 61.7 Å². The van der Waals surface area contributed by atoms with E-state index in [9.17, 15) is 24.1 Å². The Morgan fingerprint density at radius 3 is 2.66 bits per heavy atom. The molecule has 11 nitrogen and oxygen atoms in total. The van der Waals surface area contributed by atoms with Crippen LogP contribution in [0.4, 0.5) is 0 Å². The first-order valence-corrected chi connectivity index (χ1v) is 15.1. The molecule has 0 radical (unpaired) electrons. The number of hydrogen-bond donors (Lipinski definition) is 3. The van der Waals surface area contributed by atoms with Crippen molar-refractivity contribution < 1.29 is 28.5 Å². The van der Waals surface area contributed by atoms with Gasteiger partial charge in [-0.25, -0.2) is 9.88 Å². The molecule has 1 saturated carbocycles. The van der Waals surface area contributed by atoms with Gasteiger partial charge in [-0.15, -0.1) is 11.6 Å². The second kappa shape index (κ2) is 11.5. The summed E-state index contributed by atoms with van der Waals surface area (Å²) in [6.45, 7) is 2.54. The molecule has 0 amide bonds. The molecular formula is C21H33ClN3O8PS. The summed E-state index contributed by atoms with van der Waals surface area (Å²) in [5.41, 5.74) is -1.33. The molecule has 2 heterocycles. The molecule has 0 aromatic carbocycles. The van der Waals surface area contributed by atoms with Gasteiger partial charge in [0.2, 0.25) is 0 Å². The molecule has 14 heteroatoms. The fraction of sp³-hybridized carbons (Fsp3) is 0.762. The molecule has 1 aromatic rings. The predicted molar refractivity (Wildman–Crippen MR) is 133 cm³/mol. The normalized spacial score (nSPS) is 29.9. The largest absolute Gasteiger partial charge is 0.462 e. The summed E-state index contributed by atoms with van der Waals surface area (Å²) in [5.74, 6) is -0.557. The summed E-state index contributed by atoms with van der Waals surface area (Å²) in [6, 6.07) is 0.249. The number of nitrogens with zero attached hydrogens (tertiary/aromatic N) is 1. The monoisotopic (exact) mass is 553 g/mol. The van der Waals surface area contributed by atoms with Crippen LogP contribution in [0.25, 0.3) is 0 Å². The Balaban J connectivity index is 1.75. The molecule has 1 aliphatic heterocycles. The number of carbonyl (C=O) groups excluding carboxylic acids is 1. The van der Waals surface area contributed by atoms with Gasteiger partial charge in [0.25, 0.3) is 5.56 Å². The van der Waals surface area contributed by atoms with Gasteiger partial charge in [0.1, 0.15) is 23.1 Å². The second-order valence-corrected chi connectivity index (χ2v) is 14.6. The van der Waals surface area contributed by atoms with Gasteiger partial charge in [-0.05, 0) is 40.5 Å². The Labute approximate surface area is 212 Å². The van der Waals surface area contributed by atoms with Crippen molar-refractivity contribution >= 4 is 35.7 Å². The SMILES string of the molecule is CC(C)OC(=O)[C@@H](C)N[P@@](=O)(OC[C@H]1O[C@@H](n2ccc(=O)[nH]c2=O)[C@](C)(Cl)[C@@H]1O)SC1CCCC1. The van der Waals surface area contributed by atoms with Crippen molar-refractivity contribution in [3.63, 3.8) is 0 Å². The summed E-state index contributed by atoms with van der Waals surface area (Å²) in [5, 5.41) is 13.7. The molecule has 1 aliphatic carbocycles. The third kappa shape index (κ3) is 7.00. The Morgan fingerprint density at radius 1 is 1.40 bits per heavy atom. The summed E-state index contributed by atoms with van der Waals surface area (Å²) in [4.78, 5) is 36.7. The van der Waals surface area contributed by atoms with Crippen molar-refractivity contribution in [1.29, 1.82) is 0 Å². The minimum atomic E-state index is -3.63. The van der Waals surface area contributed by atoms with Gasteiger partial charge in [0.15, 0.2) is 6.23 Å². The van der Waals surface area contributed by atoms with E-state index in [0.29, 0.717) is 0 Å². The number of carbonyl (C=O) groups is 1. The number of aliphatic hydroxyl groups is 1. The van der Waals surface area contributed by atoms with Crippen LogP contribution in [0, 0.1) is 0 Å². The quantitative estimate of drug-likeness (QED) is 0.224. The van der Waals surface area contributed by atoms with Gasteiger partial charge in [0.05, 0.1) is 12.7 Å². The molecule has 2 fully saturated rings. The van der Waals surface area contributed by atoms with Gasteiger partial charge < -0.3 is 19.1 Å². The number of alkyl halides is 1. The number of rotatable bonds is 10. The maximum atomic E-state index is 13.8. The highest BCUT2D eigenvalue weighted by Gasteiger charge is 2.54. The second-order valence-electron chi connectivity index (χ2n) is 9.28. The summed E-state index contributed by atoms with van der Waals surface area (Å²) in [7, 11) is 0. The molecule has 0 bridgehead atoms. The zero-order chi connectivity index (χ0) is 26.0. The van der Waals surface area contributed by atoms with Crippen molar-refractivity contribution in [3.05, 3.63) is 33.1 Å². The molecule has 35 heavy (non-hydrogen) atoms. The summed E-state index contributed by atoms with van der Waals surface area (Å²) < 4.78 is 31.7. The van der Waals surface area contributed by atoms with Crippen molar-refractivity contribution in [2.24, 2.45) is 0 Å². The van der Waals surface area contributed by atoms with Gasteiger partial charge in [-0.3, -0.25) is 23.7 Å².